The first-order valence-corrected chi connectivity index (χ1v) is 9.75. The Morgan fingerprint density at radius 3 is 2.46 bits per heavy atom. The second kappa shape index (κ2) is 8.29. The van der Waals surface area contributed by atoms with E-state index >= 15 is 0 Å². The van der Waals surface area contributed by atoms with Crippen molar-refractivity contribution in [2.24, 2.45) is 5.10 Å². The van der Waals surface area contributed by atoms with Crippen LogP contribution in [0.4, 0.5) is 0 Å². The van der Waals surface area contributed by atoms with Gasteiger partial charge in [0.1, 0.15) is 0 Å². The van der Waals surface area contributed by atoms with Gasteiger partial charge in [-0.25, -0.2) is 18.6 Å². The highest BCUT2D eigenvalue weighted by molar-refractivity contribution is 7.89. The second-order valence-corrected chi connectivity index (χ2v) is 7.99. The Kier molecular flexibility index (Phi) is 6.33. The number of benzene rings is 1. The zero-order valence-electron chi connectivity index (χ0n) is 15.4. The van der Waals surface area contributed by atoms with Crippen molar-refractivity contribution in [1.29, 1.82) is 0 Å². The lowest BCUT2D eigenvalue weighted by molar-refractivity contribution is -0.119. The molecule has 26 heavy (non-hydrogen) atoms. The van der Waals surface area contributed by atoms with Crippen molar-refractivity contribution in [3.05, 3.63) is 53.3 Å². The van der Waals surface area contributed by atoms with E-state index in [9.17, 15) is 13.2 Å². The molecule has 0 aliphatic heterocycles. The van der Waals surface area contributed by atoms with Crippen molar-refractivity contribution in [2.45, 2.75) is 38.6 Å². The molecule has 0 unspecified atom stereocenters. The first-order valence-electron chi connectivity index (χ1n) is 8.27. The summed E-state index contributed by atoms with van der Waals surface area (Å²) in [6.45, 7) is 7.81. The predicted octanol–water partition coefficient (Wildman–Crippen LogP) is 2.11. The summed E-state index contributed by atoms with van der Waals surface area (Å²) in [7, 11) is -3.72. The van der Waals surface area contributed by atoms with E-state index in [1.807, 2.05) is 19.9 Å². The number of amides is 1. The number of carbonyl (C=O) groups is 1. The highest BCUT2D eigenvalue weighted by Gasteiger charge is 2.14. The van der Waals surface area contributed by atoms with E-state index in [0.29, 0.717) is 6.04 Å². The fraction of sp³-hybridized carbons (Fsp3) is 0.333. The molecule has 0 atom stereocenters. The molecule has 0 bridgehead atoms. The molecule has 0 fully saturated rings. The number of hydrazone groups is 1. The van der Waals surface area contributed by atoms with Gasteiger partial charge in [-0.3, -0.25) is 4.79 Å². The number of carbonyl (C=O) groups excluding carboxylic acids is 1. The second-order valence-electron chi connectivity index (χ2n) is 6.22. The minimum atomic E-state index is -3.72. The molecule has 0 saturated carbocycles. The Hall–Kier alpha value is -2.45. The lowest BCUT2D eigenvalue weighted by Gasteiger charge is -2.13. The first kappa shape index (κ1) is 19.9. The van der Waals surface area contributed by atoms with E-state index in [2.05, 4.69) is 33.7 Å². The molecule has 140 valence electrons. The van der Waals surface area contributed by atoms with Crippen LogP contribution in [0.5, 0.6) is 0 Å². The summed E-state index contributed by atoms with van der Waals surface area (Å²) in [5.74, 6) is -0.543. The van der Waals surface area contributed by atoms with Crippen molar-refractivity contribution in [3.63, 3.8) is 0 Å². The lowest BCUT2D eigenvalue weighted by Crippen LogP contribution is -2.34. The van der Waals surface area contributed by atoms with Gasteiger partial charge in [0.25, 0.3) is 5.91 Å². The van der Waals surface area contributed by atoms with Gasteiger partial charge >= 0.3 is 0 Å². The molecule has 0 aliphatic rings. The summed E-state index contributed by atoms with van der Waals surface area (Å²) < 4.78 is 28.5. The van der Waals surface area contributed by atoms with Crippen molar-refractivity contribution in [3.8, 4) is 0 Å². The Labute approximate surface area is 154 Å². The Balaban J connectivity index is 1.93. The molecule has 7 nitrogen and oxygen atoms in total. The molecule has 1 aromatic carbocycles. The minimum absolute atomic E-state index is 0.109. The molecule has 0 saturated heterocycles. The van der Waals surface area contributed by atoms with Crippen LogP contribution < -0.4 is 10.1 Å². The van der Waals surface area contributed by atoms with Gasteiger partial charge in [0, 0.05) is 23.0 Å². The summed E-state index contributed by atoms with van der Waals surface area (Å²) in [4.78, 5) is 11.9. The van der Waals surface area contributed by atoms with Gasteiger partial charge in [-0.05, 0) is 45.9 Å². The molecule has 0 aliphatic carbocycles. The summed E-state index contributed by atoms with van der Waals surface area (Å²) >= 11 is 0. The quantitative estimate of drug-likeness (QED) is 0.573. The van der Waals surface area contributed by atoms with E-state index in [1.54, 1.807) is 24.4 Å². The van der Waals surface area contributed by atoms with Gasteiger partial charge in [-0.1, -0.05) is 18.2 Å². The zero-order valence-corrected chi connectivity index (χ0v) is 16.2. The zero-order chi connectivity index (χ0) is 19.3. The average molecular weight is 376 g/mol. The van der Waals surface area contributed by atoms with Gasteiger partial charge in [-0.15, -0.1) is 0 Å². The number of sulfonamides is 1. The number of aromatic nitrogens is 1. The van der Waals surface area contributed by atoms with Crippen molar-refractivity contribution >= 4 is 22.1 Å². The monoisotopic (exact) mass is 376 g/mol. The third-order valence-corrected chi connectivity index (χ3v) is 5.33. The molecule has 2 aromatic rings. The largest absolute Gasteiger partial charge is 0.346 e. The van der Waals surface area contributed by atoms with Gasteiger partial charge in [0.05, 0.1) is 17.7 Å². The molecule has 2 rings (SSSR count). The number of nitrogens with one attached hydrogen (secondary N) is 2. The van der Waals surface area contributed by atoms with Crippen LogP contribution in [-0.4, -0.2) is 31.7 Å². The average Bonchev–Trinajstić information content (AvgIpc) is 2.88. The van der Waals surface area contributed by atoms with Crippen LogP contribution in [0.25, 0.3) is 0 Å². The highest BCUT2D eigenvalue weighted by Crippen LogP contribution is 2.18. The van der Waals surface area contributed by atoms with Crippen LogP contribution in [0.15, 0.2) is 46.4 Å². The topological polar surface area (TPSA) is 92.6 Å². The predicted molar refractivity (Wildman–Crippen MR) is 102 cm³/mol. The Morgan fingerprint density at radius 1 is 1.23 bits per heavy atom. The maximum absolute atomic E-state index is 12.0. The molecule has 1 heterocycles. The molecular weight excluding hydrogens is 352 g/mol. The summed E-state index contributed by atoms with van der Waals surface area (Å²) in [6, 6.07) is 10.2. The van der Waals surface area contributed by atoms with Gasteiger partial charge < -0.3 is 4.57 Å². The molecule has 2 N–H and O–H groups in total. The SMILES string of the molecule is Cc1cc(/C=N\NC(=O)CNS(=O)(=O)c2ccccc2)c(C)n1C(C)C. The van der Waals surface area contributed by atoms with E-state index in [4.69, 9.17) is 0 Å². The lowest BCUT2D eigenvalue weighted by atomic mass is 10.2. The molecular formula is C18H24N4O3S. The third-order valence-electron chi connectivity index (χ3n) is 3.91. The standard InChI is InChI=1S/C18H24N4O3S/c1-13(2)22-14(3)10-16(15(22)4)11-19-21-18(23)12-20-26(24,25)17-8-6-5-7-9-17/h5-11,13,20H,12H2,1-4H3,(H,21,23)/b19-11-. The van der Waals surface area contributed by atoms with Crippen LogP contribution in [0.3, 0.4) is 0 Å². The number of nitrogens with zero attached hydrogens (tertiary/aromatic N) is 2. The smallest absolute Gasteiger partial charge is 0.255 e. The number of hydrogen-bond donors (Lipinski definition) is 2. The minimum Gasteiger partial charge on any atom is -0.346 e. The van der Waals surface area contributed by atoms with Crippen LogP contribution in [-0.2, 0) is 14.8 Å². The molecule has 8 heteroatoms. The summed E-state index contributed by atoms with van der Waals surface area (Å²) in [5.41, 5.74) is 5.41. The Bertz CT molecular complexity index is 900. The molecule has 1 aromatic heterocycles. The fourth-order valence-corrected chi connectivity index (χ4v) is 3.79. The molecule has 1 amide bonds. The van der Waals surface area contributed by atoms with Gasteiger partial charge in [0.2, 0.25) is 10.0 Å². The van der Waals surface area contributed by atoms with E-state index in [-0.39, 0.29) is 11.4 Å². The maximum atomic E-state index is 12.0. The summed E-state index contributed by atoms with van der Waals surface area (Å²) in [5, 5.41) is 3.92. The molecule has 0 spiro atoms. The van der Waals surface area contributed by atoms with E-state index < -0.39 is 15.9 Å². The third kappa shape index (κ3) is 4.80. The number of aryl methyl sites for hydroxylation is 1. The van der Waals surface area contributed by atoms with Crippen molar-refractivity contribution < 1.29 is 13.2 Å². The van der Waals surface area contributed by atoms with Crippen molar-refractivity contribution in [1.82, 2.24) is 14.7 Å². The first-order chi connectivity index (χ1) is 12.2. The maximum Gasteiger partial charge on any atom is 0.255 e. The van der Waals surface area contributed by atoms with E-state index in [1.165, 1.54) is 12.1 Å². The Morgan fingerprint density at radius 2 is 1.88 bits per heavy atom. The molecule has 0 radical (unpaired) electrons. The summed E-state index contributed by atoms with van der Waals surface area (Å²) in [6.07, 6.45) is 1.56. The fourth-order valence-electron chi connectivity index (χ4n) is 2.78. The van der Waals surface area contributed by atoms with Crippen LogP contribution in [0.2, 0.25) is 0 Å². The highest BCUT2D eigenvalue weighted by atomic mass is 32.2. The van der Waals surface area contributed by atoms with Crippen molar-refractivity contribution in [2.75, 3.05) is 6.54 Å². The number of hydrogen-bond acceptors (Lipinski definition) is 4. The number of rotatable bonds is 7. The normalized spacial score (nSPS) is 12.0. The van der Waals surface area contributed by atoms with Crippen LogP contribution in [0.1, 0.15) is 36.8 Å². The van der Waals surface area contributed by atoms with Gasteiger partial charge in [0.15, 0.2) is 0 Å². The van der Waals surface area contributed by atoms with E-state index in [0.717, 1.165) is 17.0 Å². The van der Waals surface area contributed by atoms with Crippen LogP contribution >= 0.6 is 0 Å². The van der Waals surface area contributed by atoms with Gasteiger partial charge in [-0.2, -0.15) is 5.10 Å². The van der Waals surface area contributed by atoms with Crippen LogP contribution in [0, 0.1) is 13.8 Å².